The number of thiophene rings is 1. The van der Waals surface area contributed by atoms with Crippen LogP contribution in [0.2, 0.25) is 0 Å². The molecular weight excluding hydrogens is 198 g/mol. The molecule has 3 nitrogen and oxygen atoms in total. The largest absolute Gasteiger partial charge is 0.328 e. The molecule has 1 aromatic rings. The summed E-state index contributed by atoms with van der Waals surface area (Å²) in [5.41, 5.74) is 2.32. The molecule has 1 atom stereocenters. The van der Waals surface area contributed by atoms with Gasteiger partial charge in [0.25, 0.3) is 0 Å². The quantitative estimate of drug-likeness (QED) is 0.598. The van der Waals surface area contributed by atoms with E-state index in [-0.39, 0.29) is 24.2 Å². The van der Waals surface area contributed by atoms with Gasteiger partial charge in [0, 0.05) is 6.54 Å². The lowest BCUT2D eigenvalue weighted by molar-refractivity contribution is -0.129. The summed E-state index contributed by atoms with van der Waals surface area (Å²) >= 11 is 1.62. The van der Waals surface area contributed by atoms with Crippen molar-refractivity contribution in [2.24, 2.45) is 0 Å². The van der Waals surface area contributed by atoms with Crippen molar-refractivity contribution >= 4 is 23.0 Å². The van der Waals surface area contributed by atoms with Crippen LogP contribution in [0.3, 0.4) is 0 Å². The maximum atomic E-state index is 11.6. The molecule has 3 heterocycles. The standard InChI is InChI=1S/C10H9NO2S/c12-8-3-9(13)11-2-1-6-4-14-5-7(6)10(8)11/h4-5,10H,1-3H2. The summed E-state index contributed by atoms with van der Waals surface area (Å²) in [7, 11) is 0. The van der Waals surface area contributed by atoms with Crippen molar-refractivity contribution in [3.8, 4) is 0 Å². The zero-order valence-electron chi connectivity index (χ0n) is 7.53. The van der Waals surface area contributed by atoms with E-state index < -0.39 is 0 Å². The van der Waals surface area contributed by atoms with Crippen LogP contribution < -0.4 is 0 Å². The number of rotatable bonds is 0. The molecule has 14 heavy (non-hydrogen) atoms. The Morgan fingerprint density at radius 1 is 1.36 bits per heavy atom. The second-order valence-corrected chi connectivity index (χ2v) is 4.48. The third-order valence-electron chi connectivity index (χ3n) is 2.96. The highest BCUT2D eigenvalue weighted by Crippen LogP contribution is 2.37. The summed E-state index contributed by atoms with van der Waals surface area (Å²) in [6, 6.07) is -0.252. The molecule has 3 rings (SSSR count). The average Bonchev–Trinajstić information content (AvgIpc) is 2.71. The van der Waals surface area contributed by atoms with Gasteiger partial charge >= 0.3 is 0 Å². The molecule has 2 aliphatic rings. The minimum absolute atomic E-state index is 0.00292. The number of nitrogens with zero attached hydrogens (tertiary/aromatic N) is 1. The molecule has 1 saturated heterocycles. The zero-order chi connectivity index (χ0) is 9.71. The van der Waals surface area contributed by atoms with Gasteiger partial charge in [0.15, 0.2) is 5.78 Å². The van der Waals surface area contributed by atoms with Gasteiger partial charge in [0.2, 0.25) is 5.91 Å². The van der Waals surface area contributed by atoms with Gasteiger partial charge in [-0.15, -0.1) is 0 Å². The highest BCUT2D eigenvalue weighted by Gasteiger charge is 2.42. The van der Waals surface area contributed by atoms with Crippen molar-refractivity contribution in [2.45, 2.75) is 18.9 Å². The van der Waals surface area contributed by atoms with E-state index in [1.54, 1.807) is 16.2 Å². The second kappa shape index (κ2) is 2.67. The fraction of sp³-hybridized carbons (Fsp3) is 0.400. The Hall–Kier alpha value is -1.16. The van der Waals surface area contributed by atoms with Crippen molar-refractivity contribution < 1.29 is 9.59 Å². The van der Waals surface area contributed by atoms with E-state index in [4.69, 9.17) is 0 Å². The number of fused-ring (bicyclic) bond motifs is 3. The Balaban J connectivity index is 2.12. The first-order chi connectivity index (χ1) is 6.77. The lowest BCUT2D eigenvalue weighted by Crippen LogP contribution is -2.34. The minimum atomic E-state index is -0.252. The average molecular weight is 207 g/mol. The van der Waals surface area contributed by atoms with Crippen molar-refractivity contribution in [2.75, 3.05) is 6.54 Å². The van der Waals surface area contributed by atoms with Crippen molar-refractivity contribution in [3.05, 3.63) is 21.9 Å². The molecular formula is C10H9NO2S. The van der Waals surface area contributed by atoms with Gasteiger partial charge in [-0.05, 0) is 28.3 Å². The van der Waals surface area contributed by atoms with E-state index >= 15 is 0 Å². The van der Waals surface area contributed by atoms with Gasteiger partial charge < -0.3 is 4.90 Å². The van der Waals surface area contributed by atoms with E-state index in [1.165, 1.54) is 5.56 Å². The summed E-state index contributed by atoms with van der Waals surface area (Å²) < 4.78 is 0. The number of ketones is 1. The molecule has 0 aromatic carbocycles. The number of hydrogen-bond acceptors (Lipinski definition) is 3. The highest BCUT2D eigenvalue weighted by molar-refractivity contribution is 7.08. The highest BCUT2D eigenvalue weighted by atomic mass is 32.1. The van der Waals surface area contributed by atoms with Crippen LogP contribution in [0.5, 0.6) is 0 Å². The topological polar surface area (TPSA) is 37.4 Å². The molecule has 1 aromatic heterocycles. The number of Topliss-reactive ketones (excluding diaryl/α,β-unsaturated/α-hetero) is 1. The summed E-state index contributed by atoms with van der Waals surface area (Å²) in [5, 5.41) is 4.09. The number of carbonyl (C=O) groups is 2. The van der Waals surface area contributed by atoms with Crippen LogP contribution in [0, 0.1) is 0 Å². The SMILES string of the molecule is O=C1CC(=O)N2CCc3cscc3C12. The van der Waals surface area contributed by atoms with Crippen LogP contribution in [0.15, 0.2) is 10.8 Å². The third-order valence-corrected chi connectivity index (χ3v) is 3.77. The molecule has 2 aliphatic heterocycles. The predicted octanol–water partition coefficient (Wildman–Crippen LogP) is 1.15. The van der Waals surface area contributed by atoms with E-state index in [0.29, 0.717) is 6.54 Å². The van der Waals surface area contributed by atoms with Crippen molar-refractivity contribution in [3.63, 3.8) is 0 Å². The molecule has 1 unspecified atom stereocenters. The van der Waals surface area contributed by atoms with Crippen LogP contribution in [0.4, 0.5) is 0 Å². The fourth-order valence-corrected chi connectivity index (χ4v) is 3.19. The molecule has 4 heteroatoms. The Morgan fingerprint density at radius 3 is 3.07 bits per heavy atom. The number of hydrogen-bond donors (Lipinski definition) is 0. The first-order valence-corrected chi connectivity index (χ1v) is 5.59. The van der Waals surface area contributed by atoms with Gasteiger partial charge in [0.1, 0.15) is 6.04 Å². The lowest BCUT2D eigenvalue weighted by Gasteiger charge is -2.28. The minimum Gasteiger partial charge on any atom is -0.328 e. The van der Waals surface area contributed by atoms with E-state index in [9.17, 15) is 9.59 Å². The summed E-state index contributed by atoms with van der Waals surface area (Å²) in [6.45, 7) is 0.707. The molecule has 0 N–H and O–H groups in total. The molecule has 0 saturated carbocycles. The monoisotopic (exact) mass is 207 g/mol. The predicted molar refractivity (Wildman–Crippen MR) is 52.1 cm³/mol. The van der Waals surface area contributed by atoms with Gasteiger partial charge in [-0.25, -0.2) is 0 Å². The Bertz CT molecular complexity index is 424. The second-order valence-electron chi connectivity index (χ2n) is 3.74. The molecule has 1 amide bonds. The normalized spacial score (nSPS) is 25.1. The van der Waals surface area contributed by atoms with Gasteiger partial charge in [0.05, 0.1) is 6.42 Å². The molecule has 0 bridgehead atoms. The molecule has 0 spiro atoms. The van der Waals surface area contributed by atoms with Gasteiger partial charge in [-0.3, -0.25) is 9.59 Å². The third kappa shape index (κ3) is 0.917. The maximum absolute atomic E-state index is 11.6. The zero-order valence-corrected chi connectivity index (χ0v) is 8.34. The molecule has 0 aliphatic carbocycles. The van der Waals surface area contributed by atoms with Crippen LogP contribution in [0.1, 0.15) is 23.6 Å². The van der Waals surface area contributed by atoms with Crippen LogP contribution >= 0.6 is 11.3 Å². The van der Waals surface area contributed by atoms with E-state index in [2.05, 4.69) is 5.38 Å². The van der Waals surface area contributed by atoms with Gasteiger partial charge in [-0.2, -0.15) is 11.3 Å². The van der Waals surface area contributed by atoms with E-state index in [1.807, 2.05) is 5.38 Å². The van der Waals surface area contributed by atoms with Gasteiger partial charge in [-0.1, -0.05) is 0 Å². The molecule has 1 fully saturated rings. The summed E-state index contributed by atoms with van der Waals surface area (Å²) in [6.07, 6.45) is 0.994. The molecule has 72 valence electrons. The van der Waals surface area contributed by atoms with Crippen LogP contribution in [0.25, 0.3) is 0 Å². The van der Waals surface area contributed by atoms with Crippen LogP contribution in [-0.2, 0) is 16.0 Å². The maximum Gasteiger partial charge on any atom is 0.231 e. The number of amides is 1. The van der Waals surface area contributed by atoms with Crippen LogP contribution in [-0.4, -0.2) is 23.1 Å². The fourth-order valence-electron chi connectivity index (χ4n) is 2.28. The van der Waals surface area contributed by atoms with Crippen molar-refractivity contribution in [1.82, 2.24) is 4.90 Å². The van der Waals surface area contributed by atoms with E-state index in [0.717, 1.165) is 12.0 Å². The van der Waals surface area contributed by atoms with Crippen molar-refractivity contribution in [1.29, 1.82) is 0 Å². The Kier molecular flexibility index (Phi) is 1.56. The lowest BCUT2D eigenvalue weighted by atomic mass is 9.97. The first-order valence-electron chi connectivity index (χ1n) is 4.64. The number of carbonyl (C=O) groups excluding carboxylic acids is 2. The first kappa shape index (κ1) is 8.17. The molecule has 0 radical (unpaired) electrons. The Labute approximate surface area is 85.3 Å². The summed E-state index contributed by atoms with van der Waals surface area (Å²) in [5.74, 6) is 0.0613. The Morgan fingerprint density at radius 2 is 2.21 bits per heavy atom. The smallest absolute Gasteiger partial charge is 0.231 e. The summed E-state index contributed by atoms with van der Waals surface area (Å²) in [4.78, 5) is 24.8.